The molecular weight excluding hydrogens is 254 g/mol. The van der Waals surface area contributed by atoms with Crippen molar-refractivity contribution in [1.82, 2.24) is 13.8 Å². The Morgan fingerprint density at radius 3 is 2.33 bits per heavy atom. The summed E-state index contributed by atoms with van der Waals surface area (Å²) in [7, 11) is 0.291. The van der Waals surface area contributed by atoms with Crippen molar-refractivity contribution in [1.29, 1.82) is 0 Å². The summed E-state index contributed by atoms with van der Waals surface area (Å²) in [5.41, 5.74) is 0.600. The zero-order chi connectivity index (χ0) is 13.3. The summed E-state index contributed by atoms with van der Waals surface area (Å²) in [5.74, 6) is 0. The van der Waals surface area contributed by atoms with Crippen molar-refractivity contribution >= 4 is 10.0 Å². The number of aliphatic hydroxyl groups is 1. The second kappa shape index (κ2) is 5.00. The summed E-state index contributed by atoms with van der Waals surface area (Å²) in [6.45, 7) is 2.37. The van der Waals surface area contributed by atoms with Crippen molar-refractivity contribution in [2.45, 2.75) is 11.5 Å². The SMILES string of the molecule is CN1CCN(S(=O)(=O)c2cc(CO)n(C)c2)CC1. The van der Waals surface area contributed by atoms with Crippen LogP contribution in [0.2, 0.25) is 0 Å². The van der Waals surface area contributed by atoms with Crippen LogP contribution in [0.4, 0.5) is 0 Å². The third-order valence-corrected chi connectivity index (χ3v) is 5.21. The molecule has 0 saturated carbocycles. The van der Waals surface area contributed by atoms with Crippen LogP contribution >= 0.6 is 0 Å². The Morgan fingerprint density at radius 2 is 1.83 bits per heavy atom. The molecule has 0 spiro atoms. The maximum Gasteiger partial charge on any atom is 0.244 e. The van der Waals surface area contributed by atoms with Gasteiger partial charge in [0.2, 0.25) is 10.0 Å². The van der Waals surface area contributed by atoms with Crippen LogP contribution in [0, 0.1) is 0 Å². The lowest BCUT2D eigenvalue weighted by molar-refractivity contribution is 0.222. The predicted octanol–water partition coefficient (Wildman–Crippen LogP) is -0.546. The van der Waals surface area contributed by atoms with Gasteiger partial charge in [0.25, 0.3) is 0 Å². The van der Waals surface area contributed by atoms with Crippen LogP contribution in [0.1, 0.15) is 5.69 Å². The summed E-state index contributed by atoms with van der Waals surface area (Å²) in [6, 6.07) is 1.54. The van der Waals surface area contributed by atoms with Crippen LogP contribution in [0.15, 0.2) is 17.2 Å². The van der Waals surface area contributed by atoms with Gasteiger partial charge >= 0.3 is 0 Å². The molecule has 0 atom stereocenters. The highest BCUT2D eigenvalue weighted by molar-refractivity contribution is 7.89. The fourth-order valence-corrected chi connectivity index (χ4v) is 3.57. The van der Waals surface area contributed by atoms with Crippen LogP contribution in [0.25, 0.3) is 0 Å². The molecule has 0 bridgehead atoms. The molecule has 1 aliphatic rings. The molecule has 102 valence electrons. The van der Waals surface area contributed by atoms with Crippen LogP contribution in [-0.2, 0) is 23.7 Å². The summed E-state index contributed by atoms with van der Waals surface area (Å²) in [5, 5.41) is 9.11. The Kier molecular flexibility index (Phi) is 3.76. The molecule has 2 heterocycles. The van der Waals surface area contributed by atoms with E-state index in [0.717, 1.165) is 13.1 Å². The molecule has 6 nitrogen and oxygen atoms in total. The summed E-state index contributed by atoms with van der Waals surface area (Å²) >= 11 is 0. The molecule has 1 N–H and O–H groups in total. The third-order valence-electron chi connectivity index (χ3n) is 3.34. The molecule has 2 rings (SSSR count). The molecule has 1 aromatic rings. The van der Waals surface area contributed by atoms with Gasteiger partial charge in [0.1, 0.15) is 4.90 Å². The Bertz CT molecular complexity index is 516. The summed E-state index contributed by atoms with van der Waals surface area (Å²) in [6.07, 6.45) is 1.55. The van der Waals surface area contributed by atoms with E-state index in [0.29, 0.717) is 18.8 Å². The normalized spacial score (nSPS) is 19.3. The number of hydrogen-bond donors (Lipinski definition) is 1. The third kappa shape index (κ3) is 2.44. The van der Waals surface area contributed by atoms with Crippen molar-refractivity contribution in [3.05, 3.63) is 18.0 Å². The van der Waals surface area contributed by atoms with Gasteiger partial charge < -0.3 is 14.6 Å². The zero-order valence-electron chi connectivity index (χ0n) is 10.7. The number of sulfonamides is 1. The van der Waals surface area contributed by atoms with E-state index in [-0.39, 0.29) is 11.5 Å². The predicted molar refractivity (Wildman–Crippen MR) is 67.6 cm³/mol. The second-order valence-electron chi connectivity index (χ2n) is 4.64. The highest BCUT2D eigenvalue weighted by Crippen LogP contribution is 2.19. The van der Waals surface area contributed by atoms with E-state index in [1.807, 2.05) is 7.05 Å². The Labute approximate surface area is 107 Å². The molecule has 18 heavy (non-hydrogen) atoms. The minimum absolute atomic E-state index is 0.158. The standard InChI is InChI=1S/C11H19N3O3S/c1-12-3-5-14(6-4-12)18(16,17)11-7-10(9-15)13(2)8-11/h7-8,15H,3-6,9H2,1-2H3. The molecule has 1 saturated heterocycles. The lowest BCUT2D eigenvalue weighted by atomic mass is 10.4. The van der Waals surface area contributed by atoms with Gasteiger partial charge in [-0.25, -0.2) is 8.42 Å². The van der Waals surface area contributed by atoms with Gasteiger partial charge in [-0.3, -0.25) is 0 Å². The molecule has 1 aliphatic heterocycles. The average Bonchev–Trinajstić information content (AvgIpc) is 2.72. The first-order valence-electron chi connectivity index (χ1n) is 5.90. The Balaban J connectivity index is 2.24. The van der Waals surface area contributed by atoms with Crippen LogP contribution in [-0.4, -0.2) is 60.5 Å². The molecule has 0 amide bonds. The monoisotopic (exact) mass is 273 g/mol. The van der Waals surface area contributed by atoms with Crippen LogP contribution < -0.4 is 0 Å². The maximum absolute atomic E-state index is 12.4. The average molecular weight is 273 g/mol. The highest BCUT2D eigenvalue weighted by Gasteiger charge is 2.28. The van der Waals surface area contributed by atoms with E-state index >= 15 is 0 Å². The van der Waals surface area contributed by atoms with Crippen molar-refractivity contribution in [2.24, 2.45) is 7.05 Å². The highest BCUT2D eigenvalue weighted by atomic mass is 32.2. The first-order valence-corrected chi connectivity index (χ1v) is 7.34. The minimum Gasteiger partial charge on any atom is -0.390 e. The second-order valence-corrected chi connectivity index (χ2v) is 6.58. The summed E-state index contributed by atoms with van der Waals surface area (Å²) in [4.78, 5) is 2.37. The molecule has 1 aromatic heterocycles. The molecule has 0 aromatic carbocycles. The maximum atomic E-state index is 12.4. The molecule has 0 radical (unpaired) electrons. The first kappa shape index (κ1) is 13.5. The van der Waals surface area contributed by atoms with Crippen molar-refractivity contribution < 1.29 is 13.5 Å². The van der Waals surface area contributed by atoms with Crippen LogP contribution in [0.5, 0.6) is 0 Å². The summed E-state index contributed by atoms with van der Waals surface area (Å²) < 4.78 is 27.9. The molecular formula is C11H19N3O3S. The fraction of sp³-hybridized carbons (Fsp3) is 0.636. The van der Waals surface area contributed by atoms with E-state index in [9.17, 15) is 8.42 Å². The smallest absolute Gasteiger partial charge is 0.244 e. The van der Waals surface area contributed by atoms with E-state index in [4.69, 9.17) is 5.11 Å². The molecule has 0 unspecified atom stereocenters. The van der Waals surface area contributed by atoms with Crippen LogP contribution in [0.3, 0.4) is 0 Å². The van der Waals surface area contributed by atoms with Gasteiger partial charge in [0.05, 0.1) is 6.61 Å². The number of likely N-dealkylation sites (N-methyl/N-ethyl adjacent to an activating group) is 1. The first-order chi connectivity index (χ1) is 8.45. The lowest BCUT2D eigenvalue weighted by Crippen LogP contribution is -2.46. The van der Waals surface area contributed by atoms with Crippen molar-refractivity contribution in [3.63, 3.8) is 0 Å². The van der Waals surface area contributed by atoms with Gasteiger partial charge in [0, 0.05) is 45.1 Å². The topological polar surface area (TPSA) is 65.8 Å². The fourth-order valence-electron chi connectivity index (χ4n) is 2.05. The minimum atomic E-state index is -3.42. The van der Waals surface area contributed by atoms with E-state index in [1.165, 1.54) is 10.4 Å². The Hall–Kier alpha value is -0.890. The Morgan fingerprint density at radius 1 is 1.22 bits per heavy atom. The van der Waals surface area contributed by atoms with Crippen molar-refractivity contribution in [3.8, 4) is 0 Å². The quantitative estimate of drug-likeness (QED) is 0.803. The number of nitrogens with zero attached hydrogens (tertiary/aromatic N) is 3. The number of hydrogen-bond acceptors (Lipinski definition) is 4. The number of rotatable bonds is 3. The zero-order valence-corrected chi connectivity index (χ0v) is 11.5. The molecule has 0 aliphatic carbocycles. The van der Waals surface area contributed by atoms with Gasteiger partial charge in [0.15, 0.2) is 0 Å². The van der Waals surface area contributed by atoms with Gasteiger partial charge in [-0.15, -0.1) is 0 Å². The van der Waals surface area contributed by atoms with Gasteiger partial charge in [-0.1, -0.05) is 0 Å². The number of aryl methyl sites for hydroxylation is 1. The molecule has 1 fully saturated rings. The number of aliphatic hydroxyl groups excluding tert-OH is 1. The lowest BCUT2D eigenvalue weighted by Gasteiger charge is -2.31. The molecule has 7 heteroatoms. The van der Waals surface area contributed by atoms with Gasteiger partial charge in [-0.2, -0.15) is 4.31 Å². The largest absolute Gasteiger partial charge is 0.390 e. The van der Waals surface area contributed by atoms with E-state index in [2.05, 4.69) is 4.90 Å². The van der Waals surface area contributed by atoms with Crippen molar-refractivity contribution in [2.75, 3.05) is 33.2 Å². The van der Waals surface area contributed by atoms with E-state index < -0.39 is 10.0 Å². The van der Waals surface area contributed by atoms with Gasteiger partial charge in [-0.05, 0) is 13.1 Å². The number of aromatic nitrogens is 1. The van der Waals surface area contributed by atoms with E-state index in [1.54, 1.807) is 17.8 Å². The number of piperazine rings is 1.